The maximum Gasteiger partial charge on any atom is 0.223 e. The molecular weight excluding hydrogens is 292 g/mol. The summed E-state index contributed by atoms with van der Waals surface area (Å²) >= 11 is 0. The van der Waals surface area contributed by atoms with Crippen LogP contribution in [0.1, 0.15) is 19.3 Å². The molecule has 2 rings (SSSR count). The molecule has 5 nitrogen and oxygen atoms in total. The van der Waals surface area contributed by atoms with E-state index in [0.717, 1.165) is 37.4 Å². The van der Waals surface area contributed by atoms with E-state index in [1.807, 2.05) is 24.3 Å². The van der Waals surface area contributed by atoms with Crippen LogP contribution in [-0.2, 0) is 4.79 Å². The molecule has 6 heteroatoms. The third-order valence-electron chi connectivity index (χ3n) is 3.32. The topological polar surface area (TPSA) is 59.6 Å². The molecule has 1 amide bonds. The van der Waals surface area contributed by atoms with E-state index < -0.39 is 0 Å². The molecule has 21 heavy (non-hydrogen) atoms. The fourth-order valence-corrected chi connectivity index (χ4v) is 2.21. The molecule has 0 radical (unpaired) electrons. The van der Waals surface area contributed by atoms with E-state index in [0.29, 0.717) is 13.0 Å². The SMILES string of the molecule is COc1ccc(OCCC(=O)N[C@H]2CCCNC2)cc1.Cl. The fraction of sp³-hybridized carbons (Fsp3) is 0.533. The van der Waals surface area contributed by atoms with Crippen LogP contribution < -0.4 is 20.1 Å². The molecule has 1 aliphatic rings. The van der Waals surface area contributed by atoms with Gasteiger partial charge in [0.05, 0.1) is 20.1 Å². The highest BCUT2D eigenvalue weighted by Crippen LogP contribution is 2.17. The summed E-state index contributed by atoms with van der Waals surface area (Å²) in [6.45, 7) is 2.30. The highest BCUT2D eigenvalue weighted by molar-refractivity contribution is 5.85. The molecule has 1 aromatic carbocycles. The Balaban J connectivity index is 0.00000220. The zero-order valence-electron chi connectivity index (χ0n) is 12.3. The molecule has 0 aliphatic carbocycles. The number of methoxy groups -OCH3 is 1. The largest absolute Gasteiger partial charge is 0.497 e. The second-order valence-corrected chi connectivity index (χ2v) is 4.88. The van der Waals surface area contributed by atoms with Gasteiger partial charge < -0.3 is 20.1 Å². The van der Waals surface area contributed by atoms with Gasteiger partial charge in [0.25, 0.3) is 0 Å². The van der Waals surface area contributed by atoms with Gasteiger partial charge in [0.2, 0.25) is 5.91 Å². The first-order valence-electron chi connectivity index (χ1n) is 7.05. The molecule has 0 saturated carbocycles. The van der Waals surface area contributed by atoms with Gasteiger partial charge >= 0.3 is 0 Å². The smallest absolute Gasteiger partial charge is 0.223 e. The molecule has 0 bridgehead atoms. The Morgan fingerprint density at radius 3 is 2.67 bits per heavy atom. The molecule has 0 aromatic heterocycles. The highest BCUT2D eigenvalue weighted by atomic mass is 35.5. The first-order valence-corrected chi connectivity index (χ1v) is 7.05. The van der Waals surface area contributed by atoms with Gasteiger partial charge in [-0.15, -0.1) is 12.4 Å². The van der Waals surface area contributed by atoms with Gasteiger partial charge in [-0.1, -0.05) is 0 Å². The molecule has 1 fully saturated rings. The normalized spacial score (nSPS) is 17.5. The Kier molecular flexibility index (Phi) is 7.93. The molecular formula is C15H23ClN2O3. The summed E-state index contributed by atoms with van der Waals surface area (Å²) in [7, 11) is 1.63. The van der Waals surface area contributed by atoms with Gasteiger partial charge in [-0.3, -0.25) is 4.79 Å². The lowest BCUT2D eigenvalue weighted by Crippen LogP contribution is -2.45. The Bertz CT molecular complexity index is 419. The first-order chi connectivity index (χ1) is 9.78. The average Bonchev–Trinajstić information content (AvgIpc) is 2.49. The van der Waals surface area contributed by atoms with Crippen molar-refractivity contribution in [2.75, 3.05) is 26.8 Å². The standard InChI is InChI=1S/C15H22N2O3.ClH/c1-19-13-4-6-14(7-5-13)20-10-8-15(18)17-12-3-2-9-16-11-12;/h4-7,12,16H,2-3,8-11H2,1H3,(H,17,18);1H/t12-;/m0./s1. The van der Waals surface area contributed by atoms with Crippen molar-refractivity contribution in [1.29, 1.82) is 0 Å². The number of carbonyl (C=O) groups is 1. The lowest BCUT2D eigenvalue weighted by molar-refractivity contribution is -0.122. The second kappa shape index (κ2) is 9.47. The van der Waals surface area contributed by atoms with E-state index in [-0.39, 0.29) is 24.4 Å². The number of halogens is 1. The van der Waals surface area contributed by atoms with Crippen molar-refractivity contribution in [1.82, 2.24) is 10.6 Å². The number of rotatable bonds is 6. The van der Waals surface area contributed by atoms with Crippen LogP contribution in [0, 0.1) is 0 Å². The minimum absolute atomic E-state index is 0. The quantitative estimate of drug-likeness (QED) is 0.840. The van der Waals surface area contributed by atoms with E-state index in [4.69, 9.17) is 9.47 Å². The summed E-state index contributed by atoms with van der Waals surface area (Å²) in [5.41, 5.74) is 0. The molecule has 1 saturated heterocycles. The van der Waals surface area contributed by atoms with E-state index >= 15 is 0 Å². The summed E-state index contributed by atoms with van der Waals surface area (Å²) in [5.74, 6) is 1.59. The van der Waals surface area contributed by atoms with E-state index in [9.17, 15) is 4.79 Å². The zero-order valence-corrected chi connectivity index (χ0v) is 13.1. The number of hydrogen-bond donors (Lipinski definition) is 2. The molecule has 1 heterocycles. The molecule has 118 valence electrons. The van der Waals surface area contributed by atoms with Crippen LogP contribution in [0.15, 0.2) is 24.3 Å². The van der Waals surface area contributed by atoms with Crippen molar-refractivity contribution in [3.63, 3.8) is 0 Å². The van der Waals surface area contributed by atoms with Gasteiger partial charge in [-0.25, -0.2) is 0 Å². The number of piperidine rings is 1. The minimum Gasteiger partial charge on any atom is -0.497 e. The van der Waals surface area contributed by atoms with Crippen molar-refractivity contribution in [2.24, 2.45) is 0 Å². The van der Waals surface area contributed by atoms with Crippen LogP contribution in [0.25, 0.3) is 0 Å². The number of hydrogen-bond acceptors (Lipinski definition) is 4. The number of nitrogens with one attached hydrogen (secondary N) is 2. The summed E-state index contributed by atoms with van der Waals surface area (Å²) in [5, 5.41) is 6.30. The lowest BCUT2D eigenvalue weighted by Gasteiger charge is -2.23. The summed E-state index contributed by atoms with van der Waals surface area (Å²) in [4.78, 5) is 11.8. The number of benzene rings is 1. The molecule has 2 N–H and O–H groups in total. The van der Waals surface area contributed by atoms with Crippen LogP contribution in [0.5, 0.6) is 11.5 Å². The van der Waals surface area contributed by atoms with Crippen LogP contribution >= 0.6 is 12.4 Å². The predicted molar refractivity (Wildman–Crippen MR) is 84.4 cm³/mol. The summed E-state index contributed by atoms with van der Waals surface area (Å²) < 4.78 is 10.6. The highest BCUT2D eigenvalue weighted by Gasteiger charge is 2.14. The third-order valence-corrected chi connectivity index (χ3v) is 3.32. The minimum atomic E-state index is 0. The van der Waals surface area contributed by atoms with Crippen molar-refractivity contribution in [3.8, 4) is 11.5 Å². The Hall–Kier alpha value is -1.46. The maximum atomic E-state index is 11.8. The number of carbonyl (C=O) groups excluding carboxylic acids is 1. The van der Waals surface area contributed by atoms with Gasteiger partial charge in [0, 0.05) is 12.6 Å². The van der Waals surface area contributed by atoms with E-state index in [1.165, 1.54) is 0 Å². The van der Waals surface area contributed by atoms with Crippen molar-refractivity contribution in [3.05, 3.63) is 24.3 Å². The zero-order chi connectivity index (χ0) is 14.2. The van der Waals surface area contributed by atoms with Crippen molar-refractivity contribution >= 4 is 18.3 Å². The third kappa shape index (κ3) is 6.23. The Labute approximate surface area is 131 Å². The van der Waals surface area contributed by atoms with Crippen LogP contribution in [0.4, 0.5) is 0 Å². The van der Waals surface area contributed by atoms with Crippen molar-refractivity contribution < 1.29 is 14.3 Å². The molecule has 0 spiro atoms. The van der Waals surface area contributed by atoms with Crippen LogP contribution in [-0.4, -0.2) is 38.8 Å². The molecule has 1 atom stereocenters. The van der Waals surface area contributed by atoms with E-state index in [1.54, 1.807) is 7.11 Å². The van der Waals surface area contributed by atoms with Crippen LogP contribution in [0.3, 0.4) is 0 Å². The fourth-order valence-electron chi connectivity index (χ4n) is 2.21. The number of ether oxygens (including phenoxy) is 2. The Morgan fingerprint density at radius 1 is 1.33 bits per heavy atom. The second-order valence-electron chi connectivity index (χ2n) is 4.88. The van der Waals surface area contributed by atoms with Gasteiger partial charge in [0.15, 0.2) is 0 Å². The van der Waals surface area contributed by atoms with Crippen LogP contribution in [0.2, 0.25) is 0 Å². The monoisotopic (exact) mass is 314 g/mol. The first kappa shape index (κ1) is 17.6. The Morgan fingerprint density at radius 2 is 2.05 bits per heavy atom. The van der Waals surface area contributed by atoms with Crippen molar-refractivity contribution in [2.45, 2.75) is 25.3 Å². The lowest BCUT2D eigenvalue weighted by atomic mass is 10.1. The summed E-state index contributed by atoms with van der Waals surface area (Å²) in [6, 6.07) is 7.60. The van der Waals surface area contributed by atoms with Gasteiger partial charge in [0.1, 0.15) is 11.5 Å². The predicted octanol–water partition coefficient (Wildman–Crippen LogP) is 1.75. The molecule has 0 unspecified atom stereocenters. The maximum absolute atomic E-state index is 11.8. The molecule has 1 aliphatic heterocycles. The molecule has 1 aromatic rings. The summed E-state index contributed by atoms with van der Waals surface area (Å²) in [6.07, 6.45) is 2.55. The van der Waals surface area contributed by atoms with Gasteiger partial charge in [-0.05, 0) is 43.7 Å². The average molecular weight is 315 g/mol. The van der Waals surface area contributed by atoms with E-state index in [2.05, 4.69) is 10.6 Å². The van der Waals surface area contributed by atoms with Gasteiger partial charge in [-0.2, -0.15) is 0 Å². The number of amides is 1.